The summed E-state index contributed by atoms with van der Waals surface area (Å²) in [5.41, 5.74) is 1.34. The number of allylic oxidation sites excluding steroid dienone is 1. The lowest BCUT2D eigenvalue weighted by atomic mass is 9.78. The van der Waals surface area contributed by atoms with Gasteiger partial charge in [0.05, 0.1) is 0 Å². The summed E-state index contributed by atoms with van der Waals surface area (Å²) in [5.74, 6) is -0.873. The van der Waals surface area contributed by atoms with Gasteiger partial charge >= 0.3 is 0 Å². The fourth-order valence-electron chi connectivity index (χ4n) is 2.71. The molecule has 2 aliphatic rings. The van der Waals surface area contributed by atoms with Crippen LogP contribution in [0, 0.1) is 5.92 Å². The Hall–Kier alpha value is -2.23. The number of benzene rings is 1. The van der Waals surface area contributed by atoms with Gasteiger partial charge in [0.1, 0.15) is 11.7 Å². The molecule has 1 aliphatic carbocycles. The van der Waals surface area contributed by atoms with Crippen LogP contribution in [0.5, 0.6) is 0 Å². The zero-order valence-corrected chi connectivity index (χ0v) is 11.0. The molecule has 0 aromatic heterocycles. The third kappa shape index (κ3) is 2.29. The van der Waals surface area contributed by atoms with Crippen molar-refractivity contribution in [3.05, 3.63) is 47.5 Å². The van der Waals surface area contributed by atoms with Gasteiger partial charge in [-0.05, 0) is 12.0 Å². The number of hydrogen-bond acceptors (Lipinski definition) is 4. The van der Waals surface area contributed by atoms with Gasteiger partial charge in [0.2, 0.25) is 0 Å². The van der Waals surface area contributed by atoms with Crippen molar-refractivity contribution in [3.8, 4) is 0 Å². The Morgan fingerprint density at radius 2 is 2.05 bits per heavy atom. The SMILES string of the molecule is O=C1CCC=C(C2CC=NO2)C1C(=O)c1ccccc1. The maximum Gasteiger partial charge on any atom is 0.177 e. The lowest BCUT2D eigenvalue weighted by Gasteiger charge is -2.25. The number of oxime groups is 1. The van der Waals surface area contributed by atoms with E-state index in [1.165, 1.54) is 0 Å². The fourth-order valence-corrected chi connectivity index (χ4v) is 2.71. The van der Waals surface area contributed by atoms with E-state index in [-0.39, 0.29) is 17.7 Å². The van der Waals surface area contributed by atoms with Crippen LogP contribution >= 0.6 is 0 Å². The summed E-state index contributed by atoms with van der Waals surface area (Å²) in [7, 11) is 0. The average Bonchev–Trinajstić information content (AvgIpc) is 3.01. The predicted molar refractivity (Wildman–Crippen MR) is 74.6 cm³/mol. The lowest BCUT2D eigenvalue weighted by Crippen LogP contribution is -2.33. The predicted octanol–water partition coefficient (Wildman–Crippen LogP) is 2.55. The van der Waals surface area contributed by atoms with Gasteiger partial charge in [0, 0.05) is 24.6 Å². The standard InChI is InChI=1S/C16H15NO3/c18-13-8-4-7-12(14-9-10-17-20-14)15(13)16(19)11-5-2-1-3-6-11/h1-3,5-7,10,14-15H,4,8-9H2. The van der Waals surface area contributed by atoms with Gasteiger partial charge in [-0.1, -0.05) is 41.6 Å². The molecular formula is C16H15NO3. The maximum atomic E-state index is 12.6. The van der Waals surface area contributed by atoms with Crippen molar-refractivity contribution in [1.29, 1.82) is 0 Å². The molecule has 20 heavy (non-hydrogen) atoms. The van der Waals surface area contributed by atoms with Crippen molar-refractivity contribution < 1.29 is 14.4 Å². The van der Waals surface area contributed by atoms with Crippen molar-refractivity contribution in [3.63, 3.8) is 0 Å². The molecule has 4 heteroatoms. The third-order valence-electron chi connectivity index (χ3n) is 3.70. The van der Waals surface area contributed by atoms with Crippen LogP contribution in [-0.2, 0) is 9.63 Å². The second kappa shape index (κ2) is 5.41. The number of Topliss-reactive ketones (excluding diaryl/α,β-unsaturated/α-hetero) is 2. The van der Waals surface area contributed by atoms with Gasteiger partial charge in [0.15, 0.2) is 11.9 Å². The summed E-state index contributed by atoms with van der Waals surface area (Å²) in [6.45, 7) is 0. The van der Waals surface area contributed by atoms with Crippen LogP contribution in [0.1, 0.15) is 29.6 Å². The lowest BCUT2D eigenvalue weighted by molar-refractivity contribution is -0.121. The summed E-state index contributed by atoms with van der Waals surface area (Å²) < 4.78 is 0. The molecule has 0 amide bonds. The number of hydrogen-bond donors (Lipinski definition) is 0. The van der Waals surface area contributed by atoms with Crippen molar-refractivity contribution >= 4 is 17.8 Å². The van der Waals surface area contributed by atoms with Crippen molar-refractivity contribution in [2.24, 2.45) is 11.1 Å². The second-order valence-corrected chi connectivity index (χ2v) is 4.99. The Balaban J connectivity index is 1.91. The van der Waals surface area contributed by atoms with Gasteiger partial charge in [-0.3, -0.25) is 9.59 Å². The minimum absolute atomic E-state index is 0.0214. The molecule has 2 atom stereocenters. The molecule has 102 valence electrons. The van der Waals surface area contributed by atoms with Crippen LogP contribution < -0.4 is 0 Å². The Morgan fingerprint density at radius 3 is 2.75 bits per heavy atom. The van der Waals surface area contributed by atoms with E-state index in [4.69, 9.17) is 4.84 Å². The molecule has 0 saturated carbocycles. The first-order valence-corrected chi connectivity index (χ1v) is 6.77. The number of carbonyl (C=O) groups is 2. The van der Waals surface area contributed by atoms with E-state index in [1.54, 1.807) is 30.5 Å². The van der Waals surface area contributed by atoms with Gasteiger partial charge in [-0.15, -0.1) is 0 Å². The highest BCUT2D eigenvalue weighted by Gasteiger charge is 2.37. The molecular weight excluding hydrogens is 254 g/mol. The van der Waals surface area contributed by atoms with E-state index in [9.17, 15) is 9.59 Å². The number of ketones is 2. The first kappa shape index (κ1) is 12.8. The van der Waals surface area contributed by atoms with Crippen LogP contribution in [0.15, 0.2) is 47.1 Å². The maximum absolute atomic E-state index is 12.6. The van der Waals surface area contributed by atoms with E-state index in [1.807, 2.05) is 12.1 Å². The van der Waals surface area contributed by atoms with E-state index >= 15 is 0 Å². The molecule has 0 N–H and O–H groups in total. The van der Waals surface area contributed by atoms with Crippen molar-refractivity contribution in [2.75, 3.05) is 0 Å². The second-order valence-electron chi connectivity index (χ2n) is 4.99. The number of carbonyl (C=O) groups excluding carboxylic acids is 2. The Labute approximate surface area is 117 Å². The van der Waals surface area contributed by atoms with Crippen LogP contribution in [0.3, 0.4) is 0 Å². The van der Waals surface area contributed by atoms with E-state index in [2.05, 4.69) is 5.16 Å². The highest BCUT2D eigenvalue weighted by molar-refractivity contribution is 6.13. The van der Waals surface area contributed by atoms with E-state index in [0.29, 0.717) is 24.8 Å². The van der Waals surface area contributed by atoms with E-state index < -0.39 is 5.92 Å². The smallest absolute Gasteiger partial charge is 0.177 e. The zero-order chi connectivity index (χ0) is 13.9. The van der Waals surface area contributed by atoms with Crippen LogP contribution in [-0.4, -0.2) is 23.9 Å². The highest BCUT2D eigenvalue weighted by atomic mass is 16.6. The Bertz CT molecular complexity index is 581. The minimum Gasteiger partial charge on any atom is -0.388 e. The topological polar surface area (TPSA) is 55.7 Å². The van der Waals surface area contributed by atoms with Crippen molar-refractivity contribution in [1.82, 2.24) is 0 Å². The monoisotopic (exact) mass is 269 g/mol. The third-order valence-corrected chi connectivity index (χ3v) is 3.70. The Morgan fingerprint density at radius 1 is 1.25 bits per heavy atom. The number of rotatable bonds is 3. The molecule has 1 aliphatic heterocycles. The Kier molecular flexibility index (Phi) is 3.46. The molecule has 1 aromatic carbocycles. The minimum atomic E-state index is -0.710. The molecule has 0 bridgehead atoms. The largest absolute Gasteiger partial charge is 0.388 e. The van der Waals surface area contributed by atoms with Gasteiger partial charge in [-0.2, -0.15) is 0 Å². The van der Waals surface area contributed by atoms with Crippen LogP contribution in [0.25, 0.3) is 0 Å². The molecule has 4 nitrogen and oxygen atoms in total. The molecule has 0 fully saturated rings. The fraction of sp³-hybridized carbons (Fsp3) is 0.312. The summed E-state index contributed by atoms with van der Waals surface area (Å²) in [6, 6.07) is 8.95. The quantitative estimate of drug-likeness (QED) is 0.481. The summed E-state index contributed by atoms with van der Waals surface area (Å²) >= 11 is 0. The van der Waals surface area contributed by atoms with E-state index in [0.717, 1.165) is 5.57 Å². The van der Waals surface area contributed by atoms with Gasteiger partial charge < -0.3 is 4.84 Å². The molecule has 3 rings (SSSR count). The zero-order valence-electron chi connectivity index (χ0n) is 11.0. The van der Waals surface area contributed by atoms with Crippen molar-refractivity contribution in [2.45, 2.75) is 25.4 Å². The highest BCUT2D eigenvalue weighted by Crippen LogP contribution is 2.31. The molecule has 0 spiro atoms. The summed E-state index contributed by atoms with van der Waals surface area (Å²) in [5, 5.41) is 3.74. The van der Waals surface area contributed by atoms with Crippen LogP contribution in [0.4, 0.5) is 0 Å². The van der Waals surface area contributed by atoms with Gasteiger partial charge in [-0.25, -0.2) is 0 Å². The average molecular weight is 269 g/mol. The number of nitrogens with zero attached hydrogens (tertiary/aromatic N) is 1. The summed E-state index contributed by atoms with van der Waals surface area (Å²) in [6.07, 6.45) is 5.09. The molecule has 1 heterocycles. The molecule has 0 saturated heterocycles. The normalized spacial score (nSPS) is 25.2. The molecule has 2 unspecified atom stereocenters. The van der Waals surface area contributed by atoms with Crippen LogP contribution in [0.2, 0.25) is 0 Å². The summed E-state index contributed by atoms with van der Waals surface area (Å²) in [4.78, 5) is 30.1. The molecule has 1 aromatic rings. The molecule has 0 radical (unpaired) electrons. The first-order chi connectivity index (χ1) is 9.77. The first-order valence-electron chi connectivity index (χ1n) is 6.77. The van der Waals surface area contributed by atoms with Gasteiger partial charge in [0.25, 0.3) is 0 Å².